The number of carbonyl (C=O) groups excluding carboxylic acids is 1. The number of rotatable bonds is 4. The number of aryl methyl sites for hydroxylation is 1. The zero-order valence-electron chi connectivity index (χ0n) is 13.2. The van der Waals surface area contributed by atoms with Gasteiger partial charge in [0.2, 0.25) is 0 Å². The summed E-state index contributed by atoms with van der Waals surface area (Å²) in [5.41, 5.74) is 0. The maximum Gasteiger partial charge on any atom is 0.318 e. The molecule has 124 valence electrons. The molecule has 2 amide bonds. The number of furan rings is 1. The number of nitrogens with one attached hydrogen (secondary N) is 1. The summed E-state index contributed by atoms with van der Waals surface area (Å²) in [7, 11) is -2.12. The quantitative estimate of drug-likeness (QED) is 0.846. The van der Waals surface area contributed by atoms with Crippen LogP contribution >= 0.6 is 0 Å². The van der Waals surface area contributed by atoms with Gasteiger partial charge >= 0.3 is 6.03 Å². The number of amides is 2. The SMILES string of the molecule is Cc1ccc([C@@H]2COCCN2C(=O)NCCN=S(C)(C)=O)o1. The van der Waals surface area contributed by atoms with Crippen LogP contribution in [0.2, 0.25) is 0 Å². The molecule has 1 aliphatic rings. The van der Waals surface area contributed by atoms with E-state index < -0.39 is 9.73 Å². The van der Waals surface area contributed by atoms with E-state index >= 15 is 0 Å². The highest BCUT2D eigenvalue weighted by Crippen LogP contribution is 2.25. The molecule has 8 heteroatoms. The number of carbonyl (C=O) groups is 1. The first-order chi connectivity index (χ1) is 10.4. The Labute approximate surface area is 131 Å². The van der Waals surface area contributed by atoms with Gasteiger partial charge in [-0.1, -0.05) is 0 Å². The summed E-state index contributed by atoms with van der Waals surface area (Å²) in [6, 6.07) is 3.34. The molecule has 0 radical (unpaired) electrons. The van der Waals surface area contributed by atoms with Gasteiger partial charge in [0.15, 0.2) is 0 Å². The van der Waals surface area contributed by atoms with Crippen molar-refractivity contribution in [3.63, 3.8) is 0 Å². The Morgan fingerprint density at radius 3 is 2.91 bits per heavy atom. The van der Waals surface area contributed by atoms with E-state index in [4.69, 9.17) is 9.15 Å². The Morgan fingerprint density at radius 1 is 1.50 bits per heavy atom. The summed E-state index contributed by atoms with van der Waals surface area (Å²) in [5.74, 6) is 1.53. The Kier molecular flexibility index (Phi) is 5.47. The predicted octanol–water partition coefficient (Wildman–Crippen LogP) is 1.40. The molecule has 7 nitrogen and oxygen atoms in total. The van der Waals surface area contributed by atoms with E-state index in [9.17, 15) is 9.00 Å². The highest BCUT2D eigenvalue weighted by atomic mass is 32.2. The van der Waals surface area contributed by atoms with Crippen molar-refractivity contribution in [1.29, 1.82) is 0 Å². The van der Waals surface area contributed by atoms with Gasteiger partial charge in [0.25, 0.3) is 0 Å². The molecule has 1 saturated heterocycles. The lowest BCUT2D eigenvalue weighted by Crippen LogP contribution is -2.48. The van der Waals surface area contributed by atoms with Crippen LogP contribution in [0.1, 0.15) is 17.6 Å². The molecule has 1 N–H and O–H groups in total. The second kappa shape index (κ2) is 7.15. The minimum Gasteiger partial charge on any atom is -0.464 e. The average molecular weight is 329 g/mol. The molecule has 1 atom stereocenters. The normalized spacial score (nSPS) is 19.0. The van der Waals surface area contributed by atoms with Gasteiger partial charge < -0.3 is 19.4 Å². The summed E-state index contributed by atoms with van der Waals surface area (Å²) >= 11 is 0. The largest absolute Gasteiger partial charge is 0.464 e. The summed E-state index contributed by atoms with van der Waals surface area (Å²) < 4.78 is 26.5. The third-order valence-corrected chi connectivity index (χ3v) is 4.07. The first-order valence-corrected chi connectivity index (χ1v) is 9.51. The van der Waals surface area contributed by atoms with Crippen molar-refractivity contribution >= 4 is 15.8 Å². The average Bonchev–Trinajstić information content (AvgIpc) is 2.89. The topological polar surface area (TPSA) is 84.1 Å². The molecule has 1 aromatic rings. The fraction of sp³-hybridized carbons (Fsp3) is 0.643. The van der Waals surface area contributed by atoms with Crippen LogP contribution in [0.4, 0.5) is 4.79 Å². The molecule has 0 spiro atoms. The number of morpholine rings is 1. The molecule has 0 unspecified atom stereocenters. The molecule has 0 aromatic carbocycles. The maximum absolute atomic E-state index is 12.3. The first kappa shape index (κ1) is 16.8. The third kappa shape index (κ3) is 4.74. The standard InChI is InChI=1S/C14H23N3O4S/c1-11-4-5-13(21-11)12-10-20-9-8-17(12)14(18)15-6-7-16-22(2,3)19/h4-5,12H,6-10H2,1-3H3,(H,15,18)/t12-/m0/s1. The van der Waals surface area contributed by atoms with Gasteiger partial charge in [-0.25, -0.2) is 9.16 Å². The molecule has 1 aromatic heterocycles. The van der Waals surface area contributed by atoms with Gasteiger partial charge in [-0.2, -0.15) is 0 Å². The molecule has 0 bridgehead atoms. The van der Waals surface area contributed by atoms with Crippen LogP contribution in [-0.4, -0.2) is 60.5 Å². The van der Waals surface area contributed by atoms with Crippen LogP contribution in [0.3, 0.4) is 0 Å². The van der Waals surface area contributed by atoms with Crippen LogP contribution in [0, 0.1) is 6.92 Å². The zero-order chi connectivity index (χ0) is 16.2. The van der Waals surface area contributed by atoms with E-state index in [0.717, 1.165) is 11.5 Å². The summed E-state index contributed by atoms with van der Waals surface area (Å²) in [6.45, 7) is 4.00. The van der Waals surface area contributed by atoms with Crippen molar-refractivity contribution in [2.75, 3.05) is 45.4 Å². The van der Waals surface area contributed by atoms with Gasteiger partial charge in [-0.3, -0.25) is 4.21 Å². The van der Waals surface area contributed by atoms with Crippen LogP contribution in [0.5, 0.6) is 0 Å². The zero-order valence-corrected chi connectivity index (χ0v) is 14.0. The molecule has 0 aliphatic carbocycles. The molecule has 22 heavy (non-hydrogen) atoms. The monoisotopic (exact) mass is 329 g/mol. The number of hydrogen-bond donors (Lipinski definition) is 1. The van der Waals surface area contributed by atoms with E-state index in [1.807, 2.05) is 19.1 Å². The molecular weight excluding hydrogens is 306 g/mol. The summed E-state index contributed by atoms with van der Waals surface area (Å²) in [4.78, 5) is 14.0. The second-order valence-electron chi connectivity index (χ2n) is 5.50. The number of hydrogen-bond acceptors (Lipinski definition) is 5. The van der Waals surface area contributed by atoms with Crippen LogP contribution < -0.4 is 5.32 Å². The molecular formula is C14H23N3O4S. The Morgan fingerprint density at radius 2 is 2.27 bits per heavy atom. The number of ether oxygens (including phenoxy) is 1. The van der Waals surface area contributed by atoms with Crippen molar-refractivity contribution in [3.8, 4) is 0 Å². The Balaban J connectivity index is 1.95. The van der Waals surface area contributed by atoms with Crippen molar-refractivity contribution < 1.29 is 18.2 Å². The van der Waals surface area contributed by atoms with Crippen LogP contribution in [-0.2, 0) is 14.5 Å². The maximum atomic E-state index is 12.3. The minimum absolute atomic E-state index is 0.184. The molecule has 1 fully saturated rings. The van der Waals surface area contributed by atoms with Crippen molar-refractivity contribution in [2.24, 2.45) is 4.36 Å². The lowest BCUT2D eigenvalue weighted by Gasteiger charge is -2.34. The van der Waals surface area contributed by atoms with Gasteiger partial charge in [0, 0.05) is 35.3 Å². The lowest BCUT2D eigenvalue weighted by atomic mass is 10.2. The van der Waals surface area contributed by atoms with Crippen molar-refractivity contribution in [3.05, 3.63) is 23.7 Å². The smallest absolute Gasteiger partial charge is 0.318 e. The Hall–Kier alpha value is -1.54. The highest BCUT2D eigenvalue weighted by molar-refractivity contribution is 7.92. The third-order valence-electron chi connectivity index (χ3n) is 3.27. The van der Waals surface area contributed by atoms with Gasteiger partial charge in [0.1, 0.15) is 17.6 Å². The molecule has 2 rings (SSSR count). The molecule has 2 heterocycles. The summed E-state index contributed by atoms with van der Waals surface area (Å²) in [5, 5.41) is 2.80. The number of urea groups is 1. The number of nitrogens with zero attached hydrogens (tertiary/aromatic N) is 2. The van der Waals surface area contributed by atoms with Crippen LogP contribution in [0.25, 0.3) is 0 Å². The first-order valence-electron chi connectivity index (χ1n) is 7.18. The van der Waals surface area contributed by atoms with Crippen LogP contribution in [0.15, 0.2) is 20.9 Å². The van der Waals surface area contributed by atoms with E-state index in [1.54, 1.807) is 17.4 Å². The summed E-state index contributed by atoms with van der Waals surface area (Å²) in [6.07, 6.45) is 3.15. The van der Waals surface area contributed by atoms with E-state index in [0.29, 0.717) is 32.8 Å². The molecule has 1 aliphatic heterocycles. The predicted molar refractivity (Wildman–Crippen MR) is 84.4 cm³/mol. The van der Waals surface area contributed by atoms with Gasteiger partial charge in [-0.05, 0) is 19.1 Å². The van der Waals surface area contributed by atoms with E-state index in [-0.39, 0.29) is 12.1 Å². The minimum atomic E-state index is -2.12. The lowest BCUT2D eigenvalue weighted by molar-refractivity contribution is 0.00416. The second-order valence-corrected chi connectivity index (χ2v) is 8.12. The van der Waals surface area contributed by atoms with Crippen molar-refractivity contribution in [2.45, 2.75) is 13.0 Å². The van der Waals surface area contributed by atoms with Gasteiger partial charge in [-0.15, -0.1) is 0 Å². The van der Waals surface area contributed by atoms with E-state index in [2.05, 4.69) is 9.68 Å². The molecule has 0 saturated carbocycles. The van der Waals surface area contributed by atoms with Crippen molar-refractivity contribution in [1.82, 2.24) is 10.2 Å². The van der Waals surface area contributed by atoms with Gasteiger partial charge in [0.05, 0.1) is 19.8 Å². The Bertz CT molecular complexity index is 626. The fourth-order valence-corrected chi connectivity index (χ4v) is 2.78. The highest BCUT2D eigenvalue weighted by Gasteiger charge is 2.30. The van der Waals surface area contributed by atoms with E-state index in [1.165, 1.54) is 0 Å². The fourth-order valence-electron chi connectivity index (χ4n) is 2.24.